The number of carbonyl (C=O) groups excluding carboxylic acids is 1. The van der Waals surface area contributed by atoms with Crippen molar-refractivity contribution in [1.29, 1.82) is 0 Å². The molecule has 0 radical (unpaired) electrons. The highest BCUT2D eigenvalue weighted by Crippen LogP contribution is 2.38. The Labute approximate surface area is 275 Å². The molecule has 0 aliphatic carbocycles. The van der Waals surface area contributed by atoms with Crippen molar-refractivity contribution < 1.29 is 18.5 Å². The lowest BCUT2D eigenvalue weighted by Crippen LogP contribution is -2.41. The lowest BCUT2D eigenvalue weighted by atomic mass is 9.75. The largest absolute Gasteiger partial charge is 0.495 e. The van der Waals surface area contributed by atoms with Crippen molar-refractivity contribution in [3.8, 4) is 11.3 Å². The standard InChI is InChI=1S/C36H41BClN3O5/c1-21-17-26(33-27(18-21)32(43)22(2)34(44-33)41-15-9-8-10-16-41)23(3)39-29-13-14-30(38)40-31(29)24-11-12-25(20-42)28(19-24)37-45-35(4,5)36(6,7)46-37/h11-14,17-20,23,39H,8-10,15-16H2,1-7H3. The second kappa shape index (κ2) is 12.2. The quantitative estimate of drug-likeness (QED) is 0.127. The number of anilines is 2. The van der Waals surface area contributed by atoms with Crippen LogP contribution in [0.15, 0.2) is 51.7 Å². The number of benzene rings is 2. The normalized spacial score (nSPS) is 18.2. The van der Waals surface area contributed by atoms with E-state index in [0.717, 1.165) is 54.6 Å². The van der Waals surface area contributed by atoms with Gasteiger partial charge in [-0.3, -0.25) is 9.59 Å². The Bertz CT molecular complexity index is 1870. The third-order valence-corrected chi connectivity index (χ3v) is 9.91. The molecule has 2 aliphatic heterocycles. The number of piperidine rings is 1. The van der Waals surface area contributed by atoms with Crippen LogP contribution in [0.3, 0.4) is 0 Å². The first-order valence-corrected chi connectivity index (χ1v) is 16.4. The smallest absolute Gasteiger partial charge is 0.440 e. The van der Waals surface area contributed by atoms with E-state index in [1.807, 2.05) is 72.7 Å². The van der Waals surface area contributed by atoms with E-state index >= 15 is 0 Å². The summed E-state index contributed by atoms with van der Waals surface area (Å²) in [7, 11) is -0.723. The van der Waals surface area contributed by atoms with Gasteiger partial charge < -0.3 is 23.9 Å². The minimum atomic E-state index is -0.723. The highest BCUT2D eigenvalue weighted by Gasteiger charge is 2.52. The predicted molar refractivity (Wildman–Crippen MR) is 186 cm³/mol. The van der Waals surface area contributed by atoms with Crippen LogP contribution in [0.5, 0.6) is 0 Å². The molecule has 0 bridgehead atoms. The van der Waals surface area contributed by atoms with Crippen molar-refractivity contribution >= 4 is 53.0 Å². The lowest BCUT2D eigenvalue weighted by molar-refractivity contribution is 0.00578. The molecule has 2 saturated heterocycles. The Morgan fingerprint density at radius 3 is 2.37 bits per heavy atom. The van der Waals surface area contributed by atoms with E-state index in [2.05, 4.69) is 16.3 Å². The molecular formula is C36H41BClN3O5. The predicted octanol–water partition coefficient (Wildman–Crippen LogP) is 7.40. The van der Waals surface area contributed by atoms with E-state index in [0.29, 0.717) is 44.3 Å². The number of aldehydes is 1. The summed E-state index contributed by atoms with van der Waals surface area (Å²) < 4.78 is 19.2. The van der Waals surface area contributed by atoms with Gasteiger partial charge in [-0.2, -0.15) is 0 Å². The second-order valence-electron chi connectivity index (χ2n) is 13.6. The molecule has 2 fully saturated rings. The molecule has 46 heavy (non-hydrogen) atoms. The Balaban J connectivity index is 1.40. The average molecular weight is 642 g/mol. The summed E-state index contributed by atoms with van der Waals surface area (Å²) in [6, 6.07) is 12.8. The van der Waals surface area contributed by atoms with Gasteiger partial charge in [-0.05, 0) is 97.0 Å². The molecule has 6 rings (SSSR count). The van der Waals surface area contributed by atoms with Crippen molar-refractivity contribution in [2.24, 2.45) is 0 Å². The number of halogens is 1. The minimum absolute atomic E-state index is 0.00155. The number of hydrogen-bond acceptors (Lipinski definition) is 8. The molecule has 0 spiro atoms. The van der Waals surface area contributed by atoms with Crippen molar-refractivity contribution in [3.63, 3.8) is 0 Å². The number of nitrogens with one attached hydrogen (secondary N) is 1. The van der Waals surface area contributed by atoms with Gasteiger partial charge in [-0.1, -0.05) is 35.9 Å². The first kappa shape index (κ1) is 32.3. The zero-order valence-corrected chi connectivity index (χ0v) is 28.4. The molecular weight excluding hydrogens is 601 g/mol. The monoisotopic (exact) mass is 641 g/mol. The summed E-state index contributed by atoms with van der Waals surface area (Å²) in [4.78, 5) is 32.6. The topological polar surface area (TPSA) is 93.9 Å². The van der Waals surface area contributed by atoms with Gasteiger partial charge in [0.15, 0.2) is 5.43 Å². The highest BCUT2D eigenvalue weighted by atomic mass is 35.5. The maximum Gasteiger partial charge on any atom is 0.495 e. The molecule has 2 aliphatic rings. The number of rotatable bonds is 7. The van der Waals surface area contributed by atoms with Gasteiger partial charge in [-0.15, -0.1) is 0 Å². The van der Waals surface area contributed by atoms with Crippen LogP contribution in [-0.2, 0) is 9.31 Å². The number of pyridine rings is 1. The van der Waals surface area contributed by atoms with Gasteiger partial charge >= 0.3 is 7.12 Å². The Morgan fingerprint density at radius 1 is 1.00 bits per heavy atom. The molecule has 1 unspecified atom stereocenters. The Kier molecular flexibility index (Phi) is 8.55. The number of nitrogens with zero attached hydrogens (tertiary/aromatic N) is 2. The van der Waals surface area contributed by atoms with Gasteiger partial charge in [0.2, 0.25) is 5.88 Å². The van der Waals surface area contributed by atoms with Crippen LogP contribution in [-0.4, -0.2) is 42.7 Å². The average Bonchev–Trinajstić information content (AvgIpc) is 3.25. The minimum Gasteiger partial charge on any atom is -0.440 e. The van der Waals surface area contributed by atoms with E-state index in [4.69, 9.17) is 30.3 Å². The van der Waals surface area contributed by atoms with Gasteiger partial charge in [0, 0.05) is 29.8 Å². The van der Waals surface area contributed by atoms with E-state index in [-0.39, 0.29) is 11.5 Å². The second-order valence-corrected chi connectivity index (χ2v) is 14.0. The lowest BCUT2D eigenvalue weighted by Gasteiger charge is -2.32. The fourth-order valence-corrected chi connectivity index (χ4v) is 6.51. The molecule has 240 valence electrons. The van der Waals surface area contributed by atoms with Crippen LogP contribution >= 0.6 is 11.6 Å². The van der Waals surface area contributed by atoms with Crippen molar-refractivity contribution in [3.05, 3.63) is 80.1 Å². The summed E-state index contributed by atoms with van der Waals surface area (Å²) in [5.74, 6) is 0.661. The van der Waals surface area contributed by atoms with Crippen LogP contribution in [0.1, 0.15) is 87.0 Å². The third-order valence-electron chi connectivity index (χ3n) is 9.70. The molecule has 1 N–H and O–H groups in total. The van der Waals surface area contributed by atoms with Gasteiger partial charge in [-0.25, -0.2) is 4.98 Å². The van der Waals surface area contributed by atoms with Crippen molar-refractivity contribution in [1.82, 2.24) is 4.98 Å². The molecule has 2 aromatic carbocycles. The summed E-state index contributed by atoms with van der Waals surface area (Å²) in [5.41, 5.74) is 5.14. The Morgan fingerprint density at radius 2 is 1.70 bits per heavy atom. The van der Waals surface area contributed by atoms with Crippen molar-refractivity contribution in [2.45, 2.75) is 85.0 Å². The SMILES string of the molecule is Cc1cc(C(C)Nc2ccc(Cl)nc2-c2ccc(C=O)c(B3OC(C)(C)C(C)(C)O3)c2)c2oc(N3CCCCC3)c(C)c(=O)c2c1. The number of fused-ring (bicyclic) bond motifs is 1. The van der Waals surface area contributed by atoms with Crippen LogP contribution < -0.4 is 21.1 Å². The fraction of sp³-hybridized carbons (Fsp3) is 0.417. The van der Waals surface area contributed by atoms with Crippen molar-refractivity contribution in [2.75, 3.05) is 23.3 Å². The maximum atomic E-state index is 13.7. The van der Waals surface area contributed by atoms with Crippen LogP contribution in [0, 0.1) is 13.8 Å². The van der Waals surface area contributed by atoms with E-state index in [9.17, 15) is 9.59 Å². The zero-order chi connectivity index (χ0) is 33.0. The third kappa shape index (κ3) is 5.85. The van der Waals surface area contributed by atoms with Crippen LogP contribution in [0.25, 0.3) is 22.2 Å². The van der Waals surface area contributed by atoms with Crippen LogP contribution in [0.2, 0.25) is 5.15 Å². The molecule has 1 atom stereocenters. The number of carbonyl (C=O) groups is 1. The summed E-state index contributed by atoms with van der Waals surface area (Å²) in [6.45, 7) is 15.6. The summed E-state index contributed by atoms with van der Waals surface area (Å²) in [6.07, 6.45) is 4.16. The number of hydrogen-bond donors (Lipinski definition) is 1. The maximum absolute atomic E-state index is 13.7. The summed E-state index contributed by atoms with van der Waals surface area (Å²) >= 11 is 6.44. The Hall–Kier alpha value is -3.66. The van der Waals surface area contributed by atoms with Gasteiger partial charge in [0.25, 0.3) is 0 Å². The van der Waals surface area contributed by atoms with E-state index in [1.165, 1.54) is 6.42 Å². The number of aryl methyl sites for hydroxylation is 1. The van der Waals surface area contributed by atoms with E-state index < -0.39 is 18.3 Å². The molecule has 10 heteroatoms. The fourth-order valence-electron chi connectivity index (χ4n) is 6.36. The molecule has 0 saturated carbocycles. The molecule has 8 nitrogen and oxygen atoms in total. The zero-order valence-electron chi connectivity index (χ0n) is 27.6. The number of aromatic nitrogens is 1. The molecule has 4 heterocycles. The first-order valence-electron chi connectivity index (χ1n) is 16.0. The molecule has 2 aromatic heterocycles. The van der Waals surface area contributed by atoms with Crippen LogP contribution in [0.4, 0.5) is 11.6 Å². The molecule has 4 aromatic rings. The highest BCUT2D eigenvalue weighted by molar-refractivity contribution is 6.63. The summed E-state index contributed by atoms with van der Waals surface area (Å²) in [5, 5.41) is 4.53. The van der Waals surface area contributed by atoms with Gasteiger partial charge in [0.1, 0.15) is 17.0 Å². The van der Waals surface area contributed by atoms with E-state index in [1.54, 1.807) is 12.1 Å². The van der Waals surface area contributed by atoms with Gasteiger partial charge in [0.05, 0.1) is 39.6 Å². The first-order chi connectivity index (χ1) is 21.8. The molecule has 0 amide bonds.